The zero-order valence-corrected chi connectivity index (χ0v) is 21.4. The molecule has 1 fully saturated rings. The van der Waals surface area contributed by atoms with Gasteiger partial charge in [0.15, 0.2) is 11.5 Å². The van der Waals surface area contributed by atoms with Crippen LogP contribution >= 0.6 is 0 Å². The molecule has 2 aliphatic rings. The second-order valence-electron chi connectivity index (χ2n) is 9.40. The van der Waals surface area contributed by atoms with Gasteiger partial charge in [0.05, 0.1) is 18.2 Å². The van der Waals surface area contributed by atoms with Gasteiger partial charge in [-0.1, -0.05) is 62.2 Å². The van der Waals surface area contributed by atoms with Crippen LogP contribution in [0.1, 0.15) is 48.9 Å². The number of benzene rings is 3. The second kappa shape index (κ2) is 11.4. The molecule has 0 bridgehead atoms. The summed E-state index contributed by atoms with van der Waals surface area (Å²) in [7, 11) is 0. The van der Waals surface area contributed by atoms with Gasteiger partial charge in [-0.2, -0.15) is 0 Å². The van der Waals surface area contributed by atoms with Crippen LogP contribution in [0.25, 0.3) is 5.76 Å². The molecule has 3 aromatic carbocycles. The summed E-state index contributed by atoms with van der Waals surface area (Å²) in [5.74, 6) is 0.150. The summed E-state index contributed by atoms with van der Waals surface area (Å²) in [6.07, 6.45) is 3.20. The highest BCUT2D eigenvalue weighted by Crippen LogP contribution is 2.42. The Morgan fingerprint density at radius 3 is 2.42 bits per heavy atom. The van der Waals surface area contributed by atoms with Crippen LogP contribution < -0.4 is 14.2 Å². The molecule has 0 aliphatic carbocycles. The lowest BCUT2D eigenvalue weighted by Gasteiger charge is -2.26. The molecule has 1 saturated heterocycles. The number of carbonyl (C=O) groups excluding carboxylic acids is 2. The van der Waals surface area contributed by atoms with Gasteiger partial charge in [0, 0.05) is 12.1 Å². The van der Waals surface area contributed by atoms with Crippen LogP contribution in [0.5, 0.6) is 17.2 Å². The number of nitrogens with zero attached hydrogens (tertiary/aromatic N) is 1. The SMILES string of the molecule is CCCCCOc1ccc([C@@H]2/C(=C(\O)c3ccc4c(c3)OCCO4)C(=O)C(=O)N2Cc2ccccc2)cc1. The smallest absolute Gasteiger partial charge is 0.295 e. The molecule has 3 aromatic rings. The van der Waals surface area contributed by atoms with E-state index in [-0.39, 0.29) is 17.9 Å². The number of likely N-dealkylation sites (tertiary alicyclic amines) is 1. The number of aliphatic hydroxyl groups excluding tert-OH is 1. The van der Waals surface area contributed by atoms with Gasteiger partial charge in [0.1, 0.15) is 24.7 Å². The molecule has 1 amide bonds. The number of ether oxygens (including phenoxy) is 3. The van der Waals surface area contributed by atoms with Crippen molar-refractivity contribution in [2.45, 2.75) is 38.8 Å². The predicted octanol–water partition coefficient (Wildman–Crippen LogP) is 5.65. The van der Waals surface area contributed by atoms with E-state index in [1.807, 2.05) is 54.6 Å². The van der Waals surface area contributed by atoms with Crippen LogP contribution in [0.15, 0.2) is 78.4 Å². The van der Waals surface area contributed by atoms with Crippen molar-refractivity contribution in [1.29, 1.82) is 0 Å². The Morgan fingerprint density at radius 2 is 1.68 bits per heavy atom. The summed E-state index contributed by atoms with van der Waals surface area (Å²) in [6.45, 7) is 3.84. The van der Waals surface area contributed by atoms with Crippen LogP contribution in [0.4, 0.5) is 0 Å². The molecule has 0 spiro atoms. The quantitative estimate of drug-likeness (QED) is 0.172. The van der Waals surface area contributed by atoms with Crippen molar-refractivity contribution in [2.75, 3.05) is 19.8 Å². The molecule has 7 nitrogen and oxygen atoms in total. The molecular formula is C31H31NO6. The first-order valence-corrected chi connectivity index (χ1v) is 13.0. The number of hydrogen-bond donors (Lipinski definition) is 1. The van der Waals surface area contributed by atoms with Crippen molar-refractivity contribution < 1.29 is 28.9 Å². The maximum absolute atomic E-state index is 13.4. The van der Waals surface area contributed by atoms with Crippen LogP contribution in [0.3, 0.4) is 0 Å². The number of hydrogen-bond acceptors (Lipinski definition) is 6. The molecule has 0 unspecified atom stereocenters. The Kier molecular flexibility index (Phi) is 7.63. The Balaban J connectivity index is 1.53. The summed E-state index contributed by atoms with van der Waals surface area (Å²) in [5, 5.41) is 11.4. The molecule has 196 valence electrons. The molecular weight excluding hydrogens is 482 g/mol. The molecule has 5 rings (SSSR count). The van der Waals surface area contributed by atoms with Gasteiger partial charge in [0.25, 0.3) is 11.7 Å². The van der Waals surface area contributed by atoms with Gasteiger partial charge < -0.3 is 24.2 Å². The van der Waals surface area contributed by atoms with E-state index < -0.39 is 17.7 Å². The average molecular weight is 514 g/mol. The summed E-state index contributed by atoms with van der Waals surface area (Å²) < 4.78 is 17.1. The molecule has 0 radical (unpaired) electrons. The number of ketones is 1. The highest BCUT2D eigenvalue weighted by Gasteiger charge is 2.46. The van der Waals surface area contributed by atoms with E-state index in [0.717, 1.165) is 30.6 Å². The van der Waals surface area contributed by atoms with E-state index in [2.05, 4.69) is 6.92 Å². The number of aliphatic hydroxyl groups is 1. The van der Waals surface area contributed by atoms with Gasteiger partial charge in [-0.3, -0.25) is 9.59 Å². The van der Waals surface area contributed by atoms with Crippen molar-refractivity contribution in [3.63, 3.8) is 0 Å². The minimum atomic E-state index is -0.766. The molecule has 0 aromatic heterocycles. The van der Waals surface area contributed by atoms with Gasteiger partial charge in [0.2, 0.25) is 0 Å². The maximum atomic E-state index is 13.4. The Labute approximate surface area is 222 Å². The van der Waals surface area contributed by atoms with E-state index in [1.54, 1.807) is 18.2 Å². The first-order chi connectivity index (χ1) is 18.6. The summed E-state index contributed by atoms with van der Waals surface area (Å²) >= 11 is 0. The van der Waals surface area contributed by atoms with Crippen molar-refractivity contribution >= 4 is 17.4 Å². The van der Waals surface area contributed by atoms with Crippen molar-refractivity contribution in [3.05, 3.63) is 95.1 Å². The number of amides is 1. The number of rotatable bonds is 9. The molecule has 1 atom stereocenters. The van der Waals surface area contributed by atoms with E-state index in [9.17, 15) is 14.7 Å². The standard InChI is InChI=1S/C31H31NO6/c1-2-3-7-16-36-24-13-10-22(11-14-24)28-27(29(33)23-12-15-25-26(19-23)38-18-17-37-25)30(34)31(35)32(28)20-21-8-5-4-6-9-21/h4-6,8-15,19,28,33H,2-3,7,16-18,20H2,1H3/b29-27+/t28-/m1/s1. The van der Waals surface area contributed by atoms with Gasteiger partial charge in [-0.25, -0.2) is 0 Å². The average Bonchev–Trinajstić information content (AvgIpc) is 3.20. The fourth-order valence-electron chi connectivity index (χ4n) is 4.80. The molecule has 2 heterocycles. The van der Waals surface area contributed by atoms with E-state index in [4.69, 9.17) is 14.2 Å². The number of unbranched alkanes of at least 4 members (excludes halogenated alkanes) is 2. The van der Waals surface area contributed by atoms with E-state index in [1.165, 1.54) is 4.90 Å². The van der Waals surface area contributed by atoms with Crippen LogP contribution in [-0.2, 0) is 16.1 Å². The van der Waals surface area contributed by atoms with Crippen LogP contribution in [0.2, 0.25) is 0 Å². The highest BCUT2D eigenvalue weighted by atomic mass is 16.6. The summed E-state index contributed by atoms with van der Waals surface area (Å²) in [5.41, 5.74) is 2.02. The van der Waals surface area contributed by atoms with Crippen LogP contribution in [0, 0.1) is 0 Å². The third-order valence-corrected chi connectivity index (χ3v) is 6.76. The molecule has 38 heavy (non-hydrogen) atoms. The largest absolute Gasteiger partial charge is 0.507 e. The first-order valence-electron chi connectivity index (χ1n) is 13.0. The number of Topliss-reactive ketones (excluding diaryl/α,β-unsaturated/α-hetero) is 1. The highest BCUT2D eigenvalue weighted by molar-refractivity contribution is 6.46. The zero-order valence-electron chi connectivity index (χ0n) is 21.4. The van der Waals surface area contributed by atoms with Gasteiger partial charge in [-0.15, -0.1) is 0 Å². The minimum absolute atomic E-state index is 0.0409. The monoisotopic (exact) mass is 513 g/mol. The topological polar surface area (TPSA) is 85.3 Å². The number of fused-ring (bicyclic) bond motifs is 1. The molecule has 0 saturated carbocycles. The number of carbonyl (C=O) groups is 2. The van der Waals surface area contributed by atoms with Crippen molar-refractivity contribution in [2.24, 2.45) is 0 Å². The molecule has 1 N–H and O–H groups in total. The molecule has 7 heteroatoms. The minimum Gasteiger partial charge on any atom is -0.507 e. The van der Waals surface area contributed by atoms with Crippen LogP contribution in [-0.4, -0.2) is 41.5 Å². The van der Waals surface area contributed by atoms with E-state index in [0.29, 0.717) is 42.4 Å². The Morgan fingerprint density at radius 1 is 0.947 bits per heavy atom. The lowest BCUT2D eigenvalue weighted by molar-refractivity contribution is -0.140. The van der Waals surface area contributed by atoms with Gasteiger partial charge in [-0.05, 0) is 47.9 Å². The van der Waals surface area contributed by atoms with Crippen molar-refractivity contribution in [1.82, 2.24) is 4.90 Å². The summed E-state index contributed by atoms with van der Waals surface area (Å²) in [6, 6.07) is 21.1. The van der Waals surface area contributed by atoms with Gasteiger partial charge >= 0.3 is 0 Å². The third-order valence-electron chi connectivity index (χ3n) is 6.76. The molecule has 2 aliphatic heterocycles. The summed E-state index contributed by atoms with van der Waals surface area (Å²) in [4.78, 5) is 28.2. The lowest BCUT2D eigenvalue weighted by atomic mass is 9.95. The second-order valence-corrected chi connectivity index (χ2v) is 9.40. The Bertz CT molecular complexity index is 1330. The lowest BCUT2D eigenvalue weighted by Crippen LogP contribution is -2.29. The first kappa shape index (κ1) is 25.4. The fourth-order valence-corrected chi connectivity index (χ4v) is 4.80. The Hall–Kier alpha value is -4.26. The third kappa shape index (κ3) is 5.23. The fraction of sp³-hybridized carbons (Fsp3) is 0.290. The maximum Gasteiger partial charge on any atom is 0.295 e. The zero-order chi connectivity index (χ0) is 26.5. The normalized spacial score (nSPS) is 18.0. The predicted molar refractivity (Wildman–Crippen MR) is 143 cm³/mol. The van der Waals surface area contributed by atoms with Crippen molar-refractivity contribution in [3.8, 4) is 17.2 Å². The van der Waals surface area contributed by atoms with E-state index >= 15 is 0 Å².